The number of nitro groups is 2. The van der Waals surface area contributed by atoms with Gasteiger partial charge in [-0.15, -0.1) is 0 Å². The maximum absolute atomic E-state index is 11.3. The minimum absolute atomic E-state index is 0.0913. The van der Waals surface area contributed by atoms with Gasteiger partial charge in [-0.2, -0.15) is 0 Å². The molecule has 0 atom stereocenters. The van der Waals surface area contributed by atoms with Crippen LogP contribution in [0.3, 0.4) is 0 Å². The zero-order chi connectivity index (χ0) is 14.3. The van der Waals surface area contributed by atoms with Crippen LogP contribution in [0.2, 0.25) is 0 Å². The topological polar surface area (TPSA) is 111 Å². The highest BCUT2D eigenvalue weighted by Gasteiger charge is 2.36. The van der Waals surface area contributed by atoms with Crippen LogP contribution in [0.15, 0.2) is 9.98 Å². The van der Waals surface area contributed by atoms with Crippen molar-refractivity contribution >= 4 is 11.4 Å². The van der Waals surface area contributed by atoms with Crippen molar-refractivity contribution in [3.63, 3.8) is 0 Å². The van der Waals surface area contributed by atoms with E-state index in [1.807, 2.05) is 0 Å². The Morgan fingerprint density at radius 2 is 1.35 bits per heavy atom. The van der Waals surface area contributed by atoms with Crippen molar-refractivity contribution in [3.05, 3.63) is 42.1 Å². The Labute approximate surface area is 113 Å². The van der Waals surface area contributed by atoms with E-state index in [0.29, 0.717) is 36.9 Å². The Morgan fingerprint density at radius 1 is 0.800 bits per heavy atom. The van der Waals surface area contributed by atoms with Crippen LogP contribution < -0.4 is 10.7 Å². The SMILES string of the molecule is O=[N+]([O-])c1c2c(c3c(c1[N+](=O)[O-])=NCCN=3)CCCC2. The third-order valence-electron chi connectivity index (χ3n) is 3.72. The molecule has 1 aromatic carbocycles. The highest BCUT2D eigenvalue weighted by atomic mass is 16.6. The second kappa shape index (κ2) is 4.62. The van der Waals surface area contributed by atoms with E-state index in [1.54, 1.807) is 0 Å². The van der Waals surface area contributed by atoms with Gasteiger partial charge < -0.3 is 0 Å². The lowest BCUT2D eigenvalue weighted by Crippen LogP contribution is -2.38. The number of nitrogens with zero attached hydrogens (tertiary/aromatic N) is 4. The van der Waals surface area contributed by atoms with Crippen molar-refractivity contribution in [2.24, 2.45) is 9.98 Å². The molecule has 3 rings (SSSR count). The third-order valence-corrected chi connectivity index (χ3v) is 3.72. The van der Waals surface area contributed by atoms with E-state index in [2.05, 4.69) is 9.98 Å². The molecule has 2 aliphatic rings. The molecule has 1 aliphatic carbocycles. The first kappa shape index (κ1) is 12.6. The number of fused-ring (bicyclic) bond motifs is 3. The zero-order valence-corrected chi connectivity index (χ0v) is 10.7. The van der Waals surface area contributed by atoms with E-state index >= 15 is 0 Å². The molecule has 0 fully saturated rings. The van der Waals surface area contributed by atoms with Gasteiger partial charge in [-0.3, -0.25) is 30.2 Å². The molecule has 8 heteroatoms. The Kier molecular flexibility index (Phi) is 2.92. The van der Waals surface area contributed by atoms with Crippen molar-refractivity contribution in [1.29, 1.82) is 0 Å². The first-order valence-corrected chi connectivity index (χ1v) is 6.46. The van der Waals surface area contributed by atoms with E-state index in [9.17, 15) is 20.2 Å². The molecule has 0 saturated heterocycles. The summed E-state index contributed by atoms with van der Waals surface area (Å²) in [5.41, 5.74) is 0.387. The van der Waals surface area contributed by atoms with E-state index in [1.165, 1.54) is 0 Å². The predicted octanol–water partition coefficient (Wildman–Crippen LogP) is 0.635. The Bertz CT molecular complexity index is 741. The van der Waals surface area contributed by atoms with Gasteiger partial charge in [0.25, 0.3) is 0 Å². The van der Waals surface area contributed by atoms with Crippen LogP contribution in [0.1, 0.15) is 24.0 Å². The second-order valence-electron chi connectivity index (χ2n) is 4.84. The summed E-state index contributed by atoms with van der Waals surface area (Å²) in [6, 6.07) is 0. The molecule has 1 heterocycles. The smallest absolute Gasteiger partial charge is 0.281 e. The van der Waals surface area contributed by atoms with Gasteiger partial charge in [-0.1, -0.05) is 0 Å². The summed E-state index contributed by atoms with van der Waals surface area (Å²) in [7, 11) is 0. The summed E-state index contributed by atoms with van der Waals surface area (Å²) in [4.78, 5) is 29.7. The number of hydrogen-bond acceptors (Lipinski definition) is 6. The van der Waals surface area contributed by atoms with Crippen molar-refractivity contribution < 1.29 is 9.85 Å². The molecule has 0 aromatic heterocycles. The normalized spacial score (nSPS) is 16.4. The van der Waals surface area contributed by atoms with Gasteiger partial charge in [-0.25, -0.2) is 0 Å². The predicted molar refractivity (Wildman–Crippen MR) is 68.4 cm³/mol. The number of benzene rings is 1. The fraction of sp³-hybridized carbons (Fsp3) is 0.500. The van der Waals surface area contributed by atoms with Crippen LogP contribution in [-0.4, -0.2) is 22.9 Å². The largest absolute Gasteiger partial charge is 0.373 e. The van der Waals surface area contributed by atoms with Gasteiger partial charge in [0.05, 0.1) is 28.3 Å². The highest BCUT2D eigenvalue weighted by Crippen LogP contribution is 2.32. The molecule has 1 aliphatic heterocycles. The summed E-state index contributed by atoms with van der Waals surface area (Å²) in [6.45, 7) is 0.818. The van der Waals surface area contributed by atoms with Crippen LogP contribution in [0.5, 0.6) is 0 Å². The van der Waals surface area contributed by atoms with Crippen LogP contribution in [0.25, 0.3) is 0 Å². The molecule has 0 spiro atoms. The first-order chi connectivity index (χ1) is 9.61. The van der Waals surface area contributed by atoms with Gasteiger partial charge in [0.2, 0.25) is 0 Å². The fourth-order valence-corrected chi connectivity index (χ4v) is 2.95. The van der Waals surface area contributed by atoms with Gasteiger partial charge in [0.15, 0.2) is 5.36 Å². The van der Waals surface area contributed by atoms with E-state index in [0.717, 1.165) is 18.4 Å². The quantitative estimate of drug-likeness (QED) is 0.582. The first-order valence-electron chi connectivity index (χ1n) is 6.46. The van der Waals surface area contributed by atoms with Crippen molar-refractivity contribution in [3.8, 4) is 0 Å². The molecule has 0 unspecified atom stereocenters. The third kappa shape index (κ3) is 1.75. The standard InChI is InChI=1S/C12H12N4O4/c17-15(18)11-8-4-2-1-3-7(8)9-10(12(11)16(19)20)14-6-5-13-9/h1-6H2. The van der Waals surface area contributed by atoms with E-state index in [4.69, 9.17) is 0 Å². The molecule has 8 nitrogen and oxygen atoms in total. The summed E-state index contributed by atoms with van der Waals surface area (Å²) in [5.74, 6) is 0. The second-order valence-corrected chi connectivity index (χ2v) is 4.84. The lowest BCUT2D eigenvalue weighted by atomic mass is 9.88. The van der Waals surface area contributed by atoms with Crippen molar-refractivity contribution in [2.75, 3.05) is 13.1 Å². The molecule has 0 saturated carbocycles. The molecule has 20 heavy (non-hydrogen) atoms. The lowest BCUT2D eigenvalue weighted by Gasteiger charge is -2.17. The monoisotopic (exact) mass is 276 g/mol. The fourth-order valence-electron chi connectivity index (χ4n) is 2.95. The summed E-state index contributed by atoms with van der Waals surface area (Å²) >= 11 is 0. The van der Waals surface area contributed by atoms with Crippen LogP contribution in [-0.2, 0) is 12.8 Å². The van der Waals surface area contributed by atoms with Gasteiger partial charge in [-0.05, 0) is 31.2 Å². The van der Waals surface area contributed by atoms with Gasteiger partial charge in [0.1, 0.15) is 0 Å². The minimum atomic E-state index is -0.698. The molecule has 0 bridgehead atoms. The molecule has 104 valence electrons. The van der Waals surface area contributed by atoms with Crippen LogP contribution in [0.4, 0.5) is 11.4 Å². The van der Waals surface area contributed by atoms with Gasteiger partial charge >= 0.3 is 11.4 Å². The Morgan fingerprint density at radius 3 is 1.95 bits per heavy atom. The van der Waals surface area contributed by atoms with E-state index in [-0.39, 0.29) is 11.0 Å². The van der Waals surface area contributed by atoms with Gasteiger partial charge in [0, 0.05) is 5.56 Å². The van der Waals surface area contributed by atoms with E-state index < -0.39 is 15.5 Å². The van der Waals surface area contributed by atoms with Crippen LogP contribution in [0, 0.1) is 20.2 Å². The Balaban J connectivity index is 2.52. The van der Waals surface area contributed by atoms with Crippen molar-refractivity contribution in [1.82, 2.24) is 0 Å². The van der Waals surface area contributed by atoms with Crippen molar-refractivity contribution in [2.45, 2.75) is 25.7 Å². The minimum Gasteiger partial charge on any atom is -0.281 e. The zero-order valence-electron chi connectivity index (χ0n) is 10.7. The summed E-state index contributed by atoms with van der Waals surface area (Å²) in [6.07, 6.45) is 2.90. The summed E-state index contributed by atoms with van der Waals surface area (Å²) in [5, 5.41) is 23.2. The highest BCUT2D eigenvalue weighted by molar-refractivity contribution is 5.61. The number of rotatable bonds is 2. The molecular weight excluding hydrogens is 264 g/mol. The average molecular weight is 276 g/mol. The number of nitro benzene ring substituents is 2. The molecular formula is C12H12N4O4. The summed E-state index contributed by atoms with van der Waals surface area (Å²) < 4.78 is 0. The molecule has 0 radical (unpaired) electrons. The maximum atomic E-state index is 11.3. The Hall–Kier alpha value is -2.38. The molecule has 0 N–H and O–H groups in total. The lowest BCUT2D eigenvalue weighted by molar-refractivity contribution is -0.424. The number of hydrogen-bond donors (Lipinski definition) is 0. The van der Waals surface area contributed by atoms with Crippen LogP contribution >= 0.6 is 0 Å². The molecule has 0 amide bonds. The average Bonchev–Trinajstić information content (AvgIpc) is 2.45. The molecule has 1 aromatic rings. The maximum Gasteiger partial charge on any atom is 0.373 e.